The zero-order valence-electron chi connectivity index (χ0n) is 11.9. The van der Waals surface area contributed by atoms with Gasteiger partial charge in [0, 0.05) is 17.4 Å². The van der Waals surface area contributed by atoms with Crippen molar-refractivity contribution >= 4 is 11.8 Å². The molecular formula is C16H20O4. The van der Waals surface area contributed by atoms with E-state index in [1.807, 2.05) is 19.1 Å². The van der Waals surface area contributed by atoms with Gasteiger partial charge < -0.3 is 9.84 Å². The Morgan fingerprint density at radius 2 is 2.15 bits per heavy atom. The van der Waals surface area contributed by atoms with Gasteiger partial charge in [0.15, 0.2) is 5.78 Å². The number of carbonyl (C=O) groups excluding carboxylic acids is 1. The highest BCUT2D eigenvalue weighted by molar-refractivity contribution is 6.05. The standard InChI is InChI=1S/C16H20O4/c1-3-7-16(8-6-14(17)18)10-11-4-5-12(20-2)9-13(11)15(16)19/h4-5,9H,3,6-8,10H2,1-2H3,(H,17,18)/t16-/m1/s1. The smallest absolute Gasteiger partial charge is 0.303 e. The number of ketones is 1. The molecule has 1 aliphatic rings. The van der Waals surface area contributed by atoms with E-state index in [0.29, 0.717) is 24.2 Å². The first-order valence-electron chi connectivity index (χ1n) is 6.96. The van der Waals surface area contributed by atoms with Crippen LogP contribution in [0.2, 0.25) is 0 Å². The molecule has 0 saturated carbocycles. The average Bonchev–Trinajstić information content (AvgIpc) is 2.70. The number of ether oxygens (including phenoxy) is 1. The molecular weight excluding hydrogens is 256 g/mol. The van der Waals surface area contributed by atoms with Crippen LogP contribution in [0.4, 0.5) is 0 Å². The summed E-state index contributed by atoms with van der Waals surface area (Å²) in [5, 5.41) is 8.91. The number of carboxylic acid groups (broad SMARTS) is 1. The van der Waals surface area contributed by atoms with Gasteiger partial charge in [0.2, 0.25) is 0 Å². The molecule has 1 atom stereocenters. The van der Waals surface area contributed by atoms with Crippen molar-refractivity contribution in [2.24, 2.45) is 5.41 Å². The Kier molecular flexibility index (Phi) is 4.12. The van der Waals surface area contributed by atoms with Crippen LogP contribution in [0.25, 0.3) is 0 Å². The van der Waals surface area contributed by atoms with E-state index in [4.69, 9.17) is 9.84 Å². The highest BCUT2D eigenvalue weighted by Gasteiger charge is 2.44. The summed E-state index contributed by atoms with van der Waals surface area (Å²) >= 11 is 0. The Balaban J connectivity index is 2.32. The predicted molar refractivity (Wildman–Crippen MR) is 75.2 cm³/mol. The molecule has 0 aromatic heterocycles. The number of rotatable bonds is 6. The van der Waals surface area contributed by atoms with Crippen molar-refractivity contribution in [3.8, 4) is 5.75 Å². The first-order chi connectivity index (χ1) is 9.52. The molecule has 2 rings (SSSR count). The summed E-state index contributed by atoms with van der Waals surface area (Å²) in [6.07, 6.45) is 2.70. The summed E-state index contributed by atoms with van der Waals surface area (Å²) in [5.74, 6) is -0.0982. The van der Waals surface area contributed by atoms with Crippen molar-refractivity contribution in [3.05, 3.63) is 29.3 Å². The minimum Gasteiger partial charge on any atom is -0.497 e. The lowest BCUT2D eigenvalue weighted by molar-refractivity contribution is -0.137. The zero-order valence-corrected chi connectivity index (χ0v) is 11.9. The van der Waals surface area contributed by atoms with E-state index in [1.54, 1.807) is 13.2 Å². The second kappa shape index (κ2) is 5.65. The third kappa shape index (κ3) is 2.55. The van der Waals surface area contributed by atoms with Crippen LogP contribution in [0.1, 0.15) is 48.5 Å². The minimum absolute atomic E-state index is 0.0386. The topological polar surface area (TPSA) is 63.6 Å². The number of hydrogen-bond acceptors (Lipinski definition) is 3. The van der Waals surface area contributed by atoms with Gasteiger partial charge >= 0.3 is 5.97 Å². The van der Waals surface area contributed by atoms with Gasteiger partial charge in [-0.05, 0) is 37.0 Å². The van der Waals surface area contributed by atoms with Crippen LogP contribution in [0.15, 0.2) is 18.2 Å². The van der Waals surface area contributed by atoms with E-state index in [9.17, 15) is 9.59 Å². The summed E-state index contributed by atoms with van der Waals surface area (Å²) in [5.41, 5.74) is 1.17. The second-order valence-corrected chi connectivity index (χ2v) is 5.45. The number of carboxylic acids is 1. The molecule has 4 nitrogen and oxygen atoms in total. The lowest BCUT2D eigenvalue weighted by Crippen LogP contribution is -2.28. The first-order valence-corrected chi connectivity index (χ1v) is 6.96. The van der Waals surface area contributed by atoms with Gasteiger partial charge in [-0.3, -0.25) is 9.59 Å². The van der Waals surface area contributed by atoms with Gasteiger partial charge in [0.25, 0.3) is 0 Å². The molecule has 0 fully saturated rings. The summed E-state index contributed by atoms with van der Waals surface area (Å²) < 4.78 is 5.17. The zero-order chi connectivity index (χ0) is 14.8. The Bertz CT molecular complexity index is 535. The Labute approximate surface area is 118 Å². The van der Waals surface area contributed by atoms with Gasteiger partial charge in [0.05, 0.1) is 7.11 Å². The van der Waals surface area contributed by atoms with Gasteiger partial charge in [-0.1, -0.05) is 19.4 Å². The molecule has 0 heterocycles. The molecule has 0 amide bonds. The molecule has 0 spiro atoms. The molecule has 0 unspecified atom stereocenters. The Hall–Kier alpha value is -1.84. The molecule has 0 saturated heterocycles. The van der Waals surface area contributed by atoms with E-state index in [2.05, 4.69) is 0 Å². The number of methoxy groups -OCH3 is 1. The molecule has 1 aliphatic carbocycles. The fraction of sp³-hybridized carbons (Fsp3) is 0.500. The minimum atomic E-state index is -0.846. The van der Waals surface area contributed by atoms with Crippen molar-refractivity contribution < 1.29 is 19.4 Å². The normalized spacial score (nSPS) is 20.8. The van der Waals surface area contributed by atoms with E-state index < -0.39 is 11.4 Å². The molecule has 20 heavy (non-hydrogen) atoms. The first kappa shape index (κ1) is 14.6. The Morgan fingerprint density at radius 1 is 1.40 bits per heavy atom. The molecule has 0 bridgehead atoms. The van der Waals surface area contributed by atoms with Crippen molar-refractivity contribution in [1.82, 2.24) is 0 Å². The number of aliphatic carboxylic acids is 1. The number of benzene rings is 1. The summed E-state index contributed by atoms with van der Waals surface area (Å²) in [7, 11) is 1.57. The average molecular weight is 276 g/mol. The second-order valence-electron chi connectivity index (χ2n) is 5.45. The Morgan fingerprint density at radius 3 is 2.75 bits per heavy atom. The fourth-order valence-electron chi connectivity index (χ4n) is 3.13. The van der Waals surface area contributed by atoms with Crippen LogP contribution in [0.5, 0.6) is 5.75 Å². The summed E-state index contributed by atoms with van der Waals surface area (Å²) in [6.45, 7) is 2.03. The van der Waals surface area contributed by atoms with Crippen LogP contribution >= 0.6 is 0 Å². The summed E-state index contributed by atoms with van der Waals surface area (Å²) in [4.78, 5) is 23.6. The molecule has 1 aromatic carbocycles. The number of carbonyl (C=O) groups is 2. The number of fused-ring (bicyclic) bond motifs is 1. The van der Waals surface area contributed by atoms with Crippen LogP contribution in [-0.2, 0) is 11.2 Å². The maximum Gasteiger partial charge on any atom is 0.303 e. The monoisotopic (exact) mass is 276 g/mol. The lowest BCUT2D eigenvalue weighted by Gasteiger charge is -2.26. The predicted octanol–water partition coefficient (Wildman–Crippen LogP) is 3.09. The van der Waals surface area contributed by atoms with E-state index in [1.165, 1.54) is 0 Å². The maximum atomic E-state index is 12.7. The van der Waals surface area contributed by atoms with Crippen LogP contribution in [0.3, 0.4) is 0 Å². The number of Topliss-reactive ketones (excluding diaryl/α,β-unsaturated/α-hetero) is 1. The fourth-order valence-corrected chi connectivity index (χ4v) is 3.13. The molecule has 4 heteroatoms. The highest BCUT2D eigenvalue weighted by atomic mass is 16.5. The van der Waals surface area contributed by atoms with Gasteiger partial charge in [-0.2, -0.15) is 0 Å². The molecule has 1 aromatic rings. The summed E-state index contributed by atoms with van der Waals surface area (Å²) in [6, 6.07) is 5.55. The van der Waals surface area contributed by atoms with Crippen LogP contribution < -0.4 is 4.74 Å². The van der Waals surface area contributed by atoms with Crippen LogP contribution in [0, 0.1) is 5.41 Å². The lowest BCUT2D eigenvalue weighted by atomic mass is 9.75. The van der Waals surface area contributed by atoms with Crippen LogP contribution in [-0.4, -0.2) is 24.0 Å². The molecule has 1 N–H and O–H groups in total. The van der Waals surface area contributed by atoms with E-state index in [0.717, 1.165) is 18.4 Å². The molecule has 0 radical (unpaired) electrons. The molecule has 0 aliphatic heterocycles. The largest absolute Gasteiger partial charge is 0.497 e. The van der Waals surface area contributed by atoms with Gasteiger partial charge in [0.1, 0.15) is 5.75 Å². The maximum absolute atomic E-state index is 12.7. The van der Waals surface area contributed by atoms with Gasteiger partial charge in [-0.25, -0.2) is 0 Å². The van der Waals surface area contributed by atoms with E-state index >= 15 is 0 Å². The van der Waals surface area contributed by atoms with Crippen molar-refractivity contribution in [2.75, 3.05) is 7.11 Å². The molecule has 108 valence electrons. The third-order valence-corrected chi connectivity index (χ3v) is 4.12. The van der Waals surface area contributed by atoms with Crippen molar-refractivity contribution in [2.45, 2.75) is 39.0 Å². The quantitative estimate of drug-likeness (QED) is 0.867. The highest BCUT2D eigenvalue weighted by Crippen LogP contribution is 2.44. The van der Waals surface area contributed by atoms with Gasteiger partial charge in [-0.15, -0.1) is 0 Å². The van der Waals surface area contributed by atoms with Crippen molar-refractivity contribution in [3.63, 3.8) is 0 Å². The SMILES string of the molecule is CCC[C@@]1(CCC(=O)O)Cc2ccc(OC)cc2C1=O. The van der Waals surface area contributed by atoms with E-state index in [-0.39, 0.29) is 12.2 Å². The van der Waals surface area contributed by atoms with Crippen molar-refractivity contribution in [1.29, 1.82) is 0 Å². The third-order valence-electron chi connectivity index (χ3n) is 4.12. The number of hydrogen-bond donors (Lipinski definition) is 1.